The summed E-state index contributed by atoms with van der Waals surface area (Å²) in [6, 6.07) is 0. The Kier molecular flexibility index (Phi) is 4.37. The Labute approximate surface area is 153 Å². The average molecular weight is 417 g/mol. The van der Waals surface area contributed by atoms with Crippen molar-refractivity contribution in [2.24, 2.45) is 0 Å². The molecule has 2 aromatic heterocycles. The molecule has 0 aliphatic carbocycles. The Morgan fingerprint density at radius 1 is 1.50 bits per heavy atom. The molecule has 24 heavy (non-hydrogen) atoms. The van der Waals surface area contributed by atoms with Gasteiger partial charge in [-0.3, -0.25) is 4.40 Å². The first-order valence-electron chi connectivity index (χ1n) is 7.63. The molecule has 1 atom stereocenters. The van der Waals surface area contributed by atoms with Crippen LogP contribution in [0.25, 0.3) is 5.52 Å². The van der Waals surface area contributed by atoms with E-state index >= 15 is 0 Å². The van der Waals surface area contributed by atoms with E-state index in [0.29, 0.717) is 34.2 Å². The SMILES string of the molecule is CC(C)(C)OC(=O)N1CC[C@H](c2nc(Br)c3c(N)ncc(Cl)n23)C1. The van der Waals surface area contributed by atoms with Gasteiger partial charge in [-0.25, -0.2) is 14.8 Å². The van der Waals surface area contributed by atoms with Crippen molar-refractivity contribution >= 4 is 45.0 Å². The largest absolute Gasteiger partial charge is 0.444 e. The van der Waals surface area contributed by atoms with Gasteiger partial charge in [0.2, 0.25) is 0 Å². The molecular weight excluding hydrogens is 398 g/mol. The van der Waals surface area contributed by atoms with Crippen LogP contribution in [0.15, 0.2) is 10.8 Å². The molecule has 0 radical (unpaired) electrons. The van der Waals surface area contributed by atoms with Crippen LogP contribution in [0.4, 0.5) is 10.6 Å². The molecule has 7 nitrogen and oxygen atoms in total. The monoisotopic (exact) mass is 415 g/mol. The van der Waals surface area contributed by atoms with E-state index in [1.807, 2.05) is 20.8 Å². The van der Waals surface area contributed by atoms with Crippen LogP contribution in [0.5, 0.6) is 0 Å². The molecule has 1 aliphatic heterocycles. The lowest BCUT2D eigenvalue weighted by Gasteiger charge is -2.24. The summed E-state index contributed by atoms with van der Waals surface area (Å²) in [4.78, 5) is 22.6. The predicted octanol–water partition coefficient (Wildman–Crippen LogP) is 3.45. The van der Waals surface area contributed by atoms with Gasteiger partial charge in [-0.05, 0) is 43.1 Å². The number of nitrogens with zero attached hydrogens (tertiary/aromatic N) is 4. The number of aromatic nitrogens is 3. The molecule has 0 bridgehead atoms. The fourth-order valence-corrected chi connectivity index (χ4v) is 3.61. The Morgan fingerprint density at radius 3 is 2.88 bits per heavy atom. The molecule has 1 fully saturated rings. The van der Waals surface area contributed by atoms with Crippen molar-refractivity contribution < 1.29 is 9.53 Å². The smallest absolute Gasteiger partial charge is 0.410 e. The summed E-state index contributed by atoms with van der Waals surface area (Å²) in [7, 11) is 0. The lowest BCUT2D eigenvalue weighted by Crippen LogP contribution is -2.35. The van der Waals surface area contributed by atoms with Crippen molar-refractivity contribution in [1.29, 1.82) is 0 Å². The second kappa shape index (κ2) is 6.07. The number of rotatable bonds is 1. The molecule has 130 valence electrons. The number of imidazole rings is 1. The number of anilines is 1. The second-order valence-electron chi connectivity index (χ2n) is 6.82. The molecule has 3 heterocycles. The summed E-state index contributed by atoms with van der Waals surface area (Å²) >= 11 is 9.71. The Bertz CT molecular complexity index is 801. The molecule has 9 heteroatoms. The van der Waals surface area contributed by atoms with Gasteiger partial charge in [-0.2, -0.15) is 0 Å². The lowest BCUT2D eigenvalue weighted by molar-refractivity contribution is 0.0292. The zero-order valence-electron chi connectivity index (χ0n) is 13.7. The third kappa shape index (κ3) is 3.17. The van der Waals surface area contributed by atoms with Crippen LogP contribution in [0.1, 0.15) is 38.9 Å². The first-order chi connectivity index (χ1) is 11.2. The minimum atomic E-state index is -0.512. The molecule has 0 spiro atoms. The van der Waals surface area contributed by atoms with Crippen molar-refractivity contribution in [2.75, 3.05) is 18.8 Å². The number of ether oxygens (including phenoxy) is 1. The van der Waals surface area contributed by atoms with Gasteiger partial charge in [0.15, 0.2) is 5.82 Å². The van der Waals surface area contributed by atoms with Crippen LogP contribution in [0.2, 0.25) is 5.15 Å². The number of halogens is 2. The number of carbonyl (C=O) groups excluding carboxylic acids is 1. The maximum absolute atomic E-state index is 12.2. The van der Waals surface area contributed by atoms with Crippen molar-refractivity contribution in [2.45, 2.75) is 38.7 Å². The fraction of sp³-hybridized carbons (Fsp3) is 0.533. The van der Waals surface area contributed by atoms with E-state index in [1.165, 1.54) is 6.20 Å². The van der Waals surface area contributed by atoms with Gasteiger partial charge in [-0.1, -0.05) is 11.6 Å². The van der Waals surface area contributed by atoms with Gasteiger partial charge in [0.25, 0.3) is 0 Å². The van der Waals surface area contributed by atoms with Crippen LogP contribution >= 0.6 is 27.5 Å². The van der Waals surface area contributed by atoms with Gasteiger partial charge in [0, 0.05) is 19.0 Å². The first kappa shape index (κ1) is 17.3. The fourth-order valence-electron chi connectivity index (χ4n) is 2.83. The van der Waals surface area contributed by atoms with E-state index in [1.54, 1.807) is 9.30 Å². The minimum absolute atomic E-state index is 0.0515. The van der Waals surface area contributed by atoms with Crippen LogP contribution < -0.4 is 5.73 Å². The van der Waals surface area contributed by atoms with Crippen molar-refractivity contribution in [3.8, 4) is 0 Å². The quantitative estimate of drug-likeness (QED) is 0.769. The van der Waals surface area contributed by atoms with Crippen LogP contribution in [-0.2, 0) is 4.74 Å². The van der Waals surface area contributed by atoms with E-state index in [4.69, 9.17) is 22.1 Å². The molecule has 0 saturated carbocycles. The van der Waals surface area contributed by atoms with Gasteiger partial charge in [-0.15, -0.1) is 0 Å². The van der Waals surface area contributed by atoms with Gasteiger partial charge < -0.3 is 15.4 Å². The van der Waals surface area contributed by atoms with Crippen molar-refractivity contribution in [3.63, 3.8) is 0 Å². The Hall–Kier alpha value is -1.54. The van der Waals surface area contributed by atoms with Crippen molar-refractivity contribution in [1.82, 2.24) is 19.3 Å². The highest BCUT2D eigenvalue weighted by Crippen LogP contribution is 2.34. The van der Waals surface area contributed by atoms with Crippen LogP contribution in [-0.4, -0.2) is 44.1 Å². The third-order valence-electron chi connectivity index (χ3n) is 3.83. The second-order valence-corrected chi connectivity index (χ2v) is 7.96. The maximum atomic E-state index is 12.2. The first-order valence-corrected chi connectivity index (χ1v) is 8.80. The number of hydrogen-bond donors (Lipinski definition) is 1. The summed E-state index contributed by atoms with van der Waals surface area (Å²) in [5, 5.41) is 0.433. The highest BCUT2D eigenvalue weighted by atomic mass is 79.9. The van der Waals surface area contributed by atoms with Crippen LogP contribution in [0.3, 0.4) is 0 Å². The third-order valence-corrected chi connectivity index (χ3v) is 4.65. The molecule has 1 aliphatic rings. The number of amides is 1. The summed E-state index contributed by atoms with van der Waals surface area (Å²) in [5.41, 5.74) is 6.07. The van der Waals surface area contributed by atoms with Gasteiger partial charge in [0.1, 0.15) is 26.7 Å². The number of hydrogen-bond acceptors (Lipinski definition) is 5. The Morgan fingerprint density at radius 2 is 2.21 bits per heavy atom. The Balaban J connectivity index is 1.88. The molecule has 1 saturated heterocycles. The average Bonchev–Trinajstić information content (AvgIpc) is 3.06. The highest BCUT2D eigenvalue weighted by molar-refractivity contribution is 9.10. The maximum Gasteiger partial charge on any atom is 0.410 e. The number of likely N-dealkylation sites (tertiary alicyclic amines) is 1. The summed E-state index contributed by atoms with van der Waals surface area (Å²) in [5.74, 6) is 1.17. The molecule has 1 amide bonds. The highest BCUT2D eigenvalue weighted by Gasteiger charge is 2.33. The normalized spacial score (nSPS) is 18.4. The lowest BCUT2D eigenvalue weighted by atomic mass is 10.1. The molecule has 0 aromatic carbocycles. The number of nitrogen functional groups attached to an aromatic ring is 1. The summed E-state index contributed by atoms with van der Waals surface area (Å²) < 4.78 is 7.82. The molecule has 3 rings (SSSR count). The van der Waals surface area contributed by atoms with E-state index in [9.17, 15) is 4.79 Å². The molecule has 2 aromatic rings. The van der Waals surface area contributed by atoms with Gasteiger partial charge in [0.05, 0.1) is 6.20 Å². The predicted molar refractivity (Wildman–Crippen MR) is 95.3 cm³/mol. The van der Waals surface area contributed by atoms with Crippen molar-refractivity contribution in [3.05, 3.63) is 21.8 Å². The number of fused-ring (bicyclic) bond motifs is 1. The van der Waals surface area contributed by atoms with E-state index in [-0.39, 0.29) is 12.0 Å². The molecule has 2 N–H and O–H groups in total. The summed E-state index contributed by atoms with van der Waals surface area (Å²) in [6.07, 6.45) is 1.98. The number of carbonyl (C=O) groups is 1. The van der Waals surface area contributed by atoms with Gasteiger partial charge >= 0.3 is 6.09 Å². The zero-order chi connectivity index (χ0) is 17.6. The standard InChI is InChI=1S/C15H19BrClN5O2/c1-15(2,3)24-14(23)21-5-4-8(7-21)13-20-11(16)10-12(18)19-6-9(17)22(10)13/h6,8H,4-5,7H2,1-3H3,(H2,18,19)/t8-/m0/s1. The zero-order valence-corrected chi connectivity index (χ0v) is 16.1. The molecule has 0 unspecified atom stereocenters. The van der Waals surface area contributed by atoms with E-state index in [2.05, 4.69) is 25.9 Å². The van der Waals surface area contributed by atoms with Crippen LogP contribution in [0, 0.1) is 0 Å². The molecular formula is C15H19BrClN5O2. The number of nitrogens with two attached hydrogens (primary N) is 1. The summed E-state index contributed by atoms with van der Waals surface area (Å²) in [6.45, 7) is 6.71. The van der Waals surface area contributed by atoms with E-state index in [0.717, 1.165) is 12.2 Å². The van der Waals surface area contributed by atoms with E-state index < -0.39 is 5.60 Å². The minimum Gasteiger partial charge on any atom is -0.444 e. The topological polar surface area (TPSA) is 85.8 Å².